The van der Waals surface area contributed by atoms with Crippen LogP contribution in [-0.2, 0) is 14.6 Å². The highest BCUT2D eigenvalue weighted by atomic mass is 35.5. The van der Waals surface area contributed by atoms with Crippen LogP contribution in [0.15, 0.2) is 45.8 Å². The number of rotatable bonds is 8. The third-order valence-corrected chi connectivity index (χ3v) is 6.11. The molecule has 3 aromatic rings. The summed E-state index contributed by atoms with van der Waals surface area (Å²) >= 11 is 5.77. The molecule has 0 aliphatic carbocycles. The average molecular weight is 438 g/mol. The van der Waals surface area contributed by atoms with E-state index < -0.39 is 15.7 Å². The van der Waals surface area contributed by atoms with Crippen LogP contribution in [0.25, 0.3) is 11.6 Å². The number of sulfone groups is 1. The van der Waals surface area contributed by atoms with Gasteiger partial charge < -0.3 is 4.42 Å². The van der Waals surface area contributed by atoms with E-state index in [-0.39, 0.29) is 41.4 Å². The monoisotopic (exact) mass is 437 g/mol. The first-order chi connectivity index (χ1) is 13.8. The molecule has 0 saturated carbocycles. The summed E-state index contributed by atoms with van der Waals surface area (Å²) in [5.74, 6) is -0.342. The van der Waals surface area contributed by atoms with E-state index in [1.807, 2.05) is 13.8 Å². The maximum atomic E-state index is 12.3. The Kier molecular flexibility index (Phi) is 6.33. The Hall–Kier alpha value is -2.72. The van der Waals surface area contributed by atoms with E-state index in [1.54, 1.807) is 16.9 Å². The van der Waals surface area contributed by atoms with Gasteiger partial charge in [0.15, 0.2) is 9.84 Å². The fourth-order valence-corrected chi connectivity index (χ4v) is 4.07. The van der Waals surface area contributed by atoms with Crippen LogP contribution in [0.2, 0.25) is 5.02 Å². The van der Waals surface area contributed by atoms with E-state index in [1.165, 1.54) is 24.3 Å². The maximum absolute atomic E-state index is 12.3. The van der Waals surface area contributed by atoms with Gasteiger partial charge in [0.25, 0.3) is 5.89 Å². The standard InChI is InChI=1S/C18H20ClN5O4S/c1-12(2)24-15(9-10-20-24)17-22-23-18(28-17)21-16(25)4-3-11-29(26,27)14-7-5-13(19)6-8-14/h5-10,12H,3-4,11H2,1-2H3,(H,21,23,25). The number of nitrogens with zero attached hydrogens (tertiary/aromatic N) is 4. The molecule has 0 fully saturated rings. The molecule has 154 valence electrons. The van der Waals surface area contributed by atoms with Gasteiger partial charge >= 0.3 is 6.01 Å². The van der Waals surface area contributed by atoms with Crippen LogP contribution in [0.4, 0.5) is 6.01 Å². The van der Waals surface area contributed by atoms with Crippen molar-refractivity contribution in [1.82, 2.24) is 20.0 Å². The first-order valence-corrected chi connectivity index (χ1v) is 10.9. The number of hydrogen-bond acceptors (Lipinski definition) is 7. The van der Waals surface area contributed by atoms with Crippen molar-refractivity contribution in [1.29, 1.82) is 0 Å². The quantitative estimate of drug-likeness (QED) is 0.573. The van der Waals surface area contributed by atoms with Gasteiger partial charge in [0.1, 0.15) is 5.69 Å². The summed E-state index contributed by atoms with van der Waals surface area (Å²) in [5.41, 5.74) is 0.641. The third-order valence-electron chi connectivity index (χ3n) is 4.04. The average Bonchev–Trinajstić information content (AvgIpc) is 3.31. The summed E-state index contributed by atoms with van der Waals surface area (Å²) in [6.07, 6.45) is 1.77. The highest BCUT2D eigenvalue weighted by Gasteiger charge is 2.18. The number of hydrogen-bond donors (Lipinski definition) is 1. The number of carbonyl (C=O) groups excluding carboxylic acids is 1. The van der Waals surface area contributed by atoms with Crippen molar-refractivity contribution < 1.29 is 17.6 Å². The fraction of sp³-hybridized carbons (Fsp3) is 0.333. The highest BCUT2D eigenvalue weighted by Crippen LogP contribution is 2.22. The van der Waals surface area contributed by atoms with Gasteiger partial charge in [0, 0.05) is 23.7 Å². The smallest absolute Gasteiger partial charge is 0.322 e. The molecule has 0 atom stereocenters. The van der Waals surface area contributed by atoms with Gasteiger partial charge in [-0.15, -0.1) is 5.10 Å². The molecule has 0 aliphatic rings. The Labute approximate surface area is 173 Å². The van der Waals surface area contributed by atoms with Gasteiger partial charge in [-0.25, -0.2) is 8.42 Å². The second-order valence-electron chi connectivity index (χ2n) is 6.59. The molecule has 0 spiro atoms. The van der Waals surface area contributed by atoms with E-state index in [4.69, 9.17) is 16.0 Å². The van der Waals surface area contributed by atoms with E-state index in [9.17, 15) is 13.2 Å². The molecule has 0 radical (unpaired) electrons. The second-order valence-corrected chi connectivity index (χ2v) is 9.14. The number of halogens is 1. The topological polar surface area (TPSA) is 120 Å². The van der Waals surface area contributed by atoms with Gasteiger partial charge in [-0.1, -0.05) is 16.7 Å². The Morgan fingerprint density at radius 1 is 1.21 bits per heavy atom. The summed E-state index contributed by atoms with van der Waals surface area (Å²) in [5, 5.41) is 14.9. The van der Waals surface area contributed by atoms with Crippen LogP contribution in [-0.4, -0.2) is 40.1 Å². The highest BCUT2D eigenvalue weighted by molar-refractivity contribution is 7.91. The number of anilines is 1. The third kappa shape index (κ3) is 5.21. The van der Waals surface area contributed by atoms with Crippen LogP contribution in [0, 0.1) is 0 Å². The lowest BCUT2D eigenvalue weighted by Crippen LogP contribution is -2.14. The largest absolute Gasteiger partial charge is 0.401 e. The molecule has 9 nitrogen and oxygen atoms in total. The first-order valence-electron chi connectivity index (χ1n) is 8.92. The Morgan fingerprint density at radius 2 is 1.93 bits per heavy atom. The Morgan fingerprint density at radius 3 is 2.62 bits per heavy atom. The number of amides is 1. The van der Waals surface area contributed by atoms with Crippen molar-refractivity contribution in [3.05, 3.63) is 41.6 Å². The molecule has 0 bridgehead atoms. The van der Waals surface area contributed by atoms with Crippen molar-refractivity contribution in [3.63, 3.8) is 0 Å². The number of nitrogens with one attached hydrogen (secondary N) is 1. The molecule has 0 aliphatic heterocycles. The molecule has 1 aromatic carbocycles. The fourth-order valence-electron chi connectivity index (χ4n) is 2.64. The van der Waals surface area contributed by atoms with Crippen LogP contribution >= 0.6 is 11.6 Å². The van der Waals surface area contributed by atoms with Crippen LogP contribution in [0.5, 0.6) is 0 Å². The summed E-state index contributed by atoms with van der Waals surface area (Å²) in [4.78, 5) is 12.3. The summed E-state index contributed by atoms with van der Waals surface area (Å²) < 4.78 is 31.8. The minimum absolute atomic E-state index is 0.00550. The molecule has 2 aromatic heterocycles. The van der Waals surface area contributed by atoms with Crippen molar-refractivity contribution in [2.45, 2.75) is 37.6 Å². The van der Waals surface area contributed by atoms with Crippen molar-refractivity contribution in [2.24, 2.45) is 0 Å². The zero-order chi connectivity index (χ0) is 21.0. The zero-order valence-electron chi connectivity index (χ0n) is 15.9. The molecular formula is C18H20ClN5O4S. The predicted octanol–water partition coefficient (Wildman–Crippen LogP) is 3.36. The van der Waals surface area contributed by atoms with E-state index >= 15 is 0 Å². The van der Waals surface area contributed by atoms with Crippen molar-refractivity contribution in [3.8, 4) is 11.6 Å². The molecule has 0 unspecified atom stereocenters. The summed E-state index contributed by atoms with van der Waals surface area (Å²) in [6, 6.07) is 7.70. The van der Waals surface area contributed by atoms with Gasteiger partial charge in [-0.05, 0) is 50.6 Å². The van der Waals surface area contributed by atoms with Gasteiger partial charge in [0.05, 0.1) is 10.6 Å². The molecular weight excluding hydrogens is 418 g/mol. The number of carbonyl (C=O) groups is 1. The second kappa shape index (κ2) is 8.75. The molecule has 0 saturated heterocycles. The lowest BCUT2D eigenvalue weighted by Gasteiger charge is -2.07. The van der Waals surface area contributed by atoms with Crippen molar-refractivity contribution in [2.75, 3.05) is 11.1 Å². The lowest BCUT2D eigenvalue weighted by atomic mass is 10.3. The molecule has 1 N–H and O–H groups in total. The SMILES string of the molecule is CC(C)n1nccc1-c1nnc(NC(=O)CCCS(=O)(=O)c2ccc(Cl)cc2)o1. The summed E-state index contributed by atoms with van der Waals surface area (Å²) in [7, 11) is -3.48. The molecule has 3 rings (SSSR count). The predicted molar refractivity (Wildman–Crippen MR) is 107 cm³/mol. The zero-order valence-corrected chi connectivity index (χ0v) is 17.4. The van der Waals surface area contributed by atoms with Crippen LogP contribution < -0.4 is 5.32 Å². The maximum Gasteiger partial charge on any atom is 0.322 e. The minimum Gasteiger partial charge on any atom is -0.401 e. The molecule has 2 heterocycles. The minimum atomic E-state index is -3.48. The van der Waals surface area contributed by atoms with Gasteiger partial charge in [-0.3, -0.25) is 14.8 Å². The van der Waals surface area contributed by atoms with Gasteiger partial charge in [-0.2, -0.15) is 5.10 Å². The number of benzene rings is 1. The van der Waals surface area contributed by atoms with E-state index in [2.05, 4.69) is 20.6 Å². The van der Waals surface area contributed by atoms with Crippen LogP contribution in [0.1, 0.15) is 32.7 Å². The number of aromatic nitrogens is 4. The van der Waals surface area contributed by atoms with Crippen LogP contribution in [0.3, 0.4) is 0 Å². The van der Waals surface area contributed by atoms with E-state index in [0.29, 0.717) is 10.7 Å². The van der Waals surface area contributed by atoms with E-state index in [0.717, 1.165) is 0 Å². The normalized spacial score (nSPS) is 11.7. The molecule has 11 heteroatoms. The Balaban J connectivity index is 1.54. The van der Waals surface area contributed by atoms with Crippen molar-refractivity contribution >= 4 is 33.4 Å². The molecule has 1 amide bonds. The van der Waals surface area contributed by atoms with Gasteiger partial charge in [0.2, 0.25) is 5.91 Å². The molecule has 29 heavy (non-hydrogen) atoms. The first kappa shape index (κ1) is 21.0. The Bertz CT molecular complexity index is 1090. The lowest BCUT2D eigenvalue weighted by molar-refractivity contribution is -0.116. The summed E-state index contributed by atoms with van der Waals surface area (Å²) in [6.45, 7) is 3.93.